The average Bonchev–Trinajstić information content (AvgIpc) is 2.94. The molecule has 0 saturated heterocycles. The zero-order valence-electron chi connectivity index (χ0n) is 11.3. The van der Waals surface area contributed by atoms with Crippen molar-refractivity contribution in [3.63, 3.8) is 0 Å². The van der Waals surface area contributed by atoms with Gasteiger partial charge in [-0.1, -0.05) is 17.7 Å². The van der Waals surface area contributed by atoms with Crippen LogP contribution in [0.5, 0.6) is 11.5 Å². The van der Waals surface area contributed by atoms with E-state index in [0.29, 0.717) is 17.2 Å². The third-order valence-corrected chi connectivity index (χ3v) is 3.37. The Morgan fingerprint density at radius 1 is 1.23 bits per heavy atom. The van der Waals surface area contributed by atoms with Gasteiger partial charge in [0.05, 0.1) is 5.02 Å². The number of rotatable bonds is 3. The first-order valence-corrected chi connectivity index (χ1v) is 6.84. The summed E-state index contributed by atoms with van der Waals surface area (Å²) in [6.45, 7) is 0.165. The number of fused-ring (bicyclic) bond motifs is 1. The maximum Gasteiger partial charge on any atom is 0.248 e. The van der Waals surface area contributed by atoms with Gasteiger partial charge in [-0.05, 0) is 30.3 Å². The SMILES string of the molecule is O=C(C=Cc1c(F)cccc1Cl)Nc1ccc2c(c1)OCO2. The summed E-state index contributed by atoms with van der Waals surface area (Å²) in [6.07, 6.45) is 2.55. The van der Waals surface area contributed by atoms with Crippen LogP contribution in [0.3, 0.4) is 0 Å². The lowest BCUT2D eigenvalue weighted by molar-refractivity contribution is -0.111. The van der Waals surface area contributed by atoms with Crippen molar-refractivity contribution in [2.24, 2.45) is 0 Å². The molecule has 112 valence electrons. The largest absolute Gasteiger partial charge is 0.454 e. The average molecular weight is 320 g/mol. The quantitative estimate of drug-likeness (QED) is 0.874. The van der Waals surface area contributed by atoms with Crippen LogP contribution < -0.4 is 14.8 Å². The molecule has 1 heterocycles. The molecule has 6 heteroatoms. The third-order valence-electron chi connectivity index (χ3n) is 3.04. The molecule has 0 atom stereocenters. The van der Waals surface area contributed by atoms with Crippen LogP contribution in [-0.2, 0) is 4.79 Å². The third kappa shape index (κ3) is 3.04. The second-order valence-corrected chi connectivity index (χ2v) is 4.93. The number of halogens is 2. The van der Waals surface area contributed by atoms with Crippen molar-refractivity contribution in [1.29, 1.82) is 0 Å². The van der Waals surface area contributed by atoms with E-state index < -0.39 is 11.7 Å². The van der Waals surface area contributed by atoms with Gasteiger partial charge in [-0.2, -0.15) is 0 Å². The Kier molecular flexibility index (Phi) is 3.98. The Balaban J connectivity index is 1.71. The first-order chi connectivity index (χ1) is 10.6. The van der Waals surface area contributed by atoms with Gasteiger partial charge in [0.2, 0.25) is 12.7 Å². The van der Waals surface area contributed by atoms with E-state index in [0.717, 1.165) is 0 Å². The summed E-state index contributed by atoms with van der Waals surface area (Å²) >= 11 is 5.88. The standard InChI is InChI=1S/C16H11ClFNO3/c17-12-2-1-3-13(18)11(12)5-7-16(20)19-10-4-6-14-15(8-10)22-9-21-14/h1-8H,9H2,(H,19,20). The Bertz CT molecular complexity index is 741. The molecule has 0 radical (unpaired) electrons. The molecule has 0 spiro atoms. The van der Waals surface area contributed by atoms with Crippen LogP contribution in [0.1, 0.15) is 5.56 Å². The molecule has 0 aliphatic carbocycles. The van der Waals surface area contributed by atoms with Gasteiger partial charge in [-0.15, -0.1) is 0 Å². The zero-order chi connectivity index (χ0) is 15.5. The smallest absolute Gasteiger partial charge is 0.248 e. The highest BCUT2D eigenvalue weighted by Crippen LogP contribution is 2.34. The van der Waals surface area contributed by atoms with Crippen LogP contribution in [-0.4, -0.2) is 12.7 Å². The number of ether oxygens (including phenoxy) is 2. The van der Waals surface area contributed by atoms with E-state index in [1.807, 2.05) is 0 Å². The monoisotopic (exact) mass is 319 g/mol. The molecule has 2 aromatic rings. The fourth-order valence-electron chi connectivity index (χ4n) is 1.99. The Morgan fingerprint density at radius 2 is 2.05 bits per heavy atom. The van der Waals surface area contributed by atoms with E-state index in [1.54, 1.807) is 24.3 Å². The van der Waals surface area contributed by atoms with Crippen molar-refractivity contribution in [3.05, 3.63) is 58.9 Å². The number of nitrogens with one attached hydrogen (secondary N) is 1. The van der Waals surface area contributed by atoms with E-state index in [-0.39, 0.29) is 17.4 Å². The van der Waals surface area contributed by atoms with Gasteiger partial charge >= 0.3 is 0 Å². The summed E-state index contributed by atoms with van der Waals surface area (Å²) in [7, 11) is 0. The van der Waals surface area contributed by atoms with Crippen molar-refractivity contribution < 1.29 is 18.7 Å². The Labute approximate surface area is 131 Å². The molecule has 1 aliphatic heterocycles. The molecule has 2 aromatic carbocycles. The molecule has 0 aromatic heterocycles. The number of carbonyl (C=O) groups excluding carboxylic acids is 1. The summed E-state index contributed by atoms with van der Waals surface area (Å²) < 4.78 is 24.0. The van der Waals surface area contributed by atoms with Gasteiger partial charge in [-0.25, -0.2) is 4.39 Å². The molecule has 0 unspecified atom stereocenters. The van der Waals surface area contributed by atoms with Crippen molar-refractivity contribution in [3.8, 4) is 11.5 Å². The number of amides is 1. The van der Waals surface area contributed by atoms with Crippen molar-refractivity contribution in [2.75, 3.05) is 12.1 Å². The summed E-state index contributed by atoms with van der Waals surface area (Å²) in [5.74, 6) is 0.309. The van der Waals surface area contributed by atoms with Gasteiger partial charge in [0, 0.05) is 23.4 Å². The summed E-state index contributed by atoms with van der Waals surface area (Å²) in [6, 6.07) is 9.39. The van der Waals surface area contributed by atoms with Crippen LogP contribution in [0.15, 0.2) is 42.5 Å². The minimum atomic E-state index is -0.486. The highest BCUT2D eigenvalue weighted by atomic mass is 35.5. The molecule has 4 nitrogen and oxygen atoms in total. The topological polar surface area (TPSA) is 47.6 Å². The van der Waals surface area contributed by atoms with Crippen molar-refractivity contribution in [1.82, 2.24) is 0 Å². The van der Waals surface area contributed by atoms with Crippen LogP contribution in [0.2, 0.25) is 5.02 Å². The second kappa shape index (κ2) is 6.07. The second-order valence-electron chi connectivity index (χ2n) is 4.53. The lowest BCUT2D eigenvalue weighted by atomic mass is 10.2. The number of carbonyl (C=O) groups is 1. The van der Waals surface area contributed by atoms with Crippen LogP contribution in [0.4, 0.5) is 10.1 Å². The lowest BCUT2D eigenvalue weighted by Crippen LogP contribution is -2.07. The van der Waals surface area contributed by atoms with Gasteiger partial charge in [0.25, 0.3) is 0 Å². The molecule has 1 amide bonds. The van der Waals surface area contributed by atoms with E-state index in [9.17, 15) is 9.18 Å². The van der Waals surface area contributed by atoms with Gasteiger partial charge in [0.15, 0.2) is 11.5 Å². The van der Waals surface area contributed by atoms with Crippen LogP contribution >= 0.6 is 11.6 Å². The molecule has 1 aliphatic rings. The van der Waals surface area contributed by atoms with Gasteiger partial charge in [-0.3, -0.25) is 4.79 Å². The van der Waals surface area contributed by atoms with Gasteiger partial charge < -0.3 is 14.8 Å². The van der Waals surface area contributed by atoms with Crippen molar-refractivity contribution in [2.45, 2.75) is 0 Å². The molecule has 0 fully saturated rings. The van der Waals surface area contributed by atoms with E-state index in [1.165, 1.54) is 24.3 Å². The maximum atomic E-state index is 13.6. The van der Waals surface area contributed by atoms with E-state index >= 15 is 0 Å². The molecular formula is C16H11ClFNO3. The Morgan fingerprint density at radius 3 is 2.86 bits per heavy atom. The number of hydrogen-bond donors (Lipinski definition) is 1. The molecular weight excluding hydrogens is 309 g/mol. The fraction of sp³-hybridized carbons (Fsp3) is 0.0625. The van der Waals surface area contributed by atoms with Crippen LogP contribution in [0, 0.1) is 5.82 Å². The first-order valence-electron chi connectivity index (χ1n) is 6.46. The fourth-order valence-corrected chi connectivity index (χ4v) is 2.21. The summed E-state index contributed by atoms with van der Waals surface area (Å²) in [5.41, 5.74) is 0.725. The molecule has 0 saturated carbocycles. The van der Waals surface area contributed by atoms with Gasteiger partial charge in [0.1, 0.15) is 5.82 Å². The van der Waals surface area contributed by atoms with Crippen LogP contribution in [0.25, 0.3) is 6.08 Å². The molecule has 1 N–H and O–H groups in total. The highest BCUT2D eigenvalue weighted by molar-refractivity contribution is 6.32. The highest BCUT2D eigenvalue weighted by Gasteiger charge is 2.13. The first kappa shape index (κ1) is 14.4. The summed E-state index contributed by atoms with van der Waals surface area (Å²) in [5, 5.41) is 2.90. The minimum absolute atomic E-state index is 0.165. The predicted octanol–water partition coefficient (Wildman–Crippen LogP) is 3.86. The number of benzene rings is 2. The minimum Gasteiger partial charge on any atom is -0.454 e. The van der Waals surface area contributed by atoms with E-state index in [2.05, 4.69) is 5.32 Å². The van der Waals surface area contributed by atoms with Crippen molar-refractivity contribution >= 4 is 29.3 Å². The maximum absolute atomic E-state index is 13.6. The molecule has 22 heavy (non-hydrogen) atoms. The molecule has 3 rings (SSSR count). The molecule has 0 bridgehead atoms. The number of hydrogen-bond acceptors (Lipinski definition) is 3. The van der Waals surface area contributed by atoms with E-state index in [4.69, 9.17) is 21.1 Å². The Hall–Kier alpha value is -2.53. The lowest BCUT2D eigenvalue weighted by Gasteiger charge is -2.04. The summed E-state index contributed by atoms with van der Waals surface area (Å²) in [4.78, 5) is 11.9. The predicted molar refractivity (Wildman–Crippen MR) is 81.6 cm³/mol. The normalized spacial score (nSPS) is 12.6. The number of anilines is 1. The zero-order valence-corrected chi connectivity index (χ0v) is 12.1.